The second-order valence-corrected chi connectivity index (χ2v) is 23.4. The predicted octanol–water partition coefficient (Wildman–Crippen LogP) is -4.87. The van der Waals surface area contributed by atoms with Crippen LogP contribution < -0.4 is 65.5 Å². The lowest BCUT2D eigenvalue weighted by atomic mass is 10.0. The number of hydrogen-bond acceptors (Lipinski definition) is 17. The monoisotopic (exact) mass is 1320 g/mol. The molecule has 0 aliphatic carbocycles. The quantitative estimate of drug-likeness (QED) is 0.0118. The minimum atomic E-state index is -1.69. The van der Waals surface area contributed by atoms with Crippen molar-refractivity contribution in [1.82, 2.24) is 62.2 Å². The fourth-order valence-corrected chi connectivity index (χ4v) is 11.6. The third kappa shape index (κ3) is 20.3. The zero-order valence-corrected chi connectivity index (χ0v) is 52.7. The molecule has 19 N–H and O–H groups in total. The molecule has 3 aromatic rings. The Kier molecular flexibility index (Phi) is 27.3. The van der Waals surface area contributed by atoms with Crippen molar-refractivity contribution in [3.8, 4) is 0 Å². The molecule has 506 valence electrons. The van der Waals surface area contributed by atoms with E-state index in [-0.39, 0.29) is 95.7 Å². The number of aromatic nitrogens is 1. The Morgan fingerprint density at radius 2 is 1.14 bits per heavy atom. The number of para-hydroxylation sites is 1. The van der Waals surface area contributed by atoms with Crippen LogP contribution in [0.25, 0.3) is 10.9 Å². The molecule has 4 heterocycles. The van der Waals surface area contributed by atoms with Gasteiger partial charge in [-0.1, -0.05) is 48.5 Å². The highest BCUT2D eigenvalue weighted by molar-refractivity contribution is 7.80. The minimum absolute atomic E-state index is 0.0357. The van der Waals surface area contributed by atoms with Crippen molar-refractivity contribution in [1.29, 1.82) is 0 Å². The van der Waals surface area contributed by atoms with Crippen molar-refractivity contribution in [2.24, 2.45) is 27.9 Å². The molecule has 0 saturated carbocycles. The molecule has 6 rings (SSSR count). The second-order valence-electron chi connectivity index (χ2n) is 23.1. The van der Waals surface area contributed by atoms with E-state index in [0.29, 0.717) is 30.4 Å². The van der Waals surface area contributed by atoms with Gasteiger partial charge in [0.2, 0.25) is 70.9 Å². The molecule has 1 aromatic heterocycles. The topological polar surface area (TPSA) is 501 Å². The maximum atomic E-state index is 15.0. The molecule has 2 aromatic carbocycles. The molecule has 33 heteroatoms. The minimum Gasteiger partial charge on any atom is -0.480 e. The number of carboxylic acids is 1. The number of nitrogens with two attached hydrogens (primary N) is 4. The van der Waals surface area contributed by atoms with Crippen LogP contribution in [-0.4, -0.2) is 224 Å². The maximum Gasteiger partial charge on any atom is 0.326 e. The molecule has 0 spiro atoms. The predicted molar refractivity (Wildman–Crippen MR) is 339 cm³/mol. The fraction of sp³-hybridized carbons (Fsp3) is 0.533. The number of rotatable bonds is 33. The summed E-state index contributed by atoms with van der Waals surface area (Å²) >= 11 is 4.14. The number of primary amides is 1. The molecule has 0 radical (unpaired) electrons. The van der Waals surface area contributed by atoms with Gasteiger partial charge in [0.25, 0.3) is 0 Å². The number of aliphatic carboxylic acids is 1. The Hall–Kier alpha value is -9.37. The fourth-order valence-electron chi connectivity index (χ4n) is 11.4. The molecule has 11 atom stereocenters. The van der Waals surface area contributed by atoms with Gasteiger partial charge < -0.3 is 95.4 Å². The Balaban J connectivity index is 1.09. The average molecular weight is 1320 g/mol. The standard InChI is InChI=1S/C60H85N17O15S/c1-32(50(82)74-43(31-93)53(85)70-39(59(91)92)16-8-22-65-60(63)64)67-51(83)40(26-34-12-4-3-5-13-34)71-52(84)42(30-78)73-49(81)33(2)68-54(86)44-17-10-24-76(44)58(90)46-19-11-25-77(46)57(89)41(27-35-29-66-37-15-7-6-14-36(35)37)72-55(87)45-18-9-23-75(45)56(88)38(20-21-47(62)79)69-48(80)28-61/h3-7,12-15,29,32-33,38-46,66,78,93H,8-11,16-28,30-31,61H2,1-2H3,(H2,62,79)(H,67,83)(H,68,86)(H,69,80)(H,70,85)(H,71,84)(H,72,87)(H,73,81)(H,74,82)(H,91,92)(H4,63,64,65)/t32-,33-,38-,39-,40-,41-,42-,43-,44-,45-,46-/m0/s1. The summed E-state index contributed by atoms with van der Waals surface area (Å²) in [5, 5.41) is 41.0. The number of guanidine groups is 1. The number of carboxylic acid groups (broad SMARTS) is 1. The molecule has 3 fully saturated rings. The van der Waals surface area contributed by atoms with E-state index < -0.39 is 156 Å². The summed E-state index contributed by atoms with van der Waals surface area (Å²) in [6.45, 7) is 1.64. The van der Waals surface area contributed by atoms with Gasteiger partial charge in [-0.25, -0.2) is 4.79 Å². The Labute approximate surface area is 541 Å². The van der Waals surface area contributed by atoms with E-state index in [1.54, 1.807) is 36.5 Å². The van der Waals surface area contributed by atoms with Crippen LogP contribution in [0.15, 0.2) is 65.8 Å². The number of nitrogens with one attached hydrogen (secondary N) is 9. The van der Waals surface area contributed by atoms with Crippen LogP contribution in [0.1, 0.15) is 89.2 Å². The molecule has 0 unspecified atom stereocenters. The van der Waals surface area contributed by atoms with Gasteiger partial charge in [-0.3, -0.25) is 62.5 Å². The largest absolute Gasteiger partial charge is 0.480 e. The van der Waals surface area contributed by atoms with E-state index in [4.69, 9.17) is 22.9 Å². The normalized spacial score (nSPS) is 18.6. The van der Waals surface area contributed by atoms with Crippen molar-refractivity contribution >= 4 is 106 Å². The number of carbonyl (C=O) groups excluding carboxylic acids is 12. The smallest absolute Gasteiger partial charge is 0.326 e. The number of likely N-dealkylation sites (tertiary alicyclic amines) is 3. The zero-order valence-electron chi connectivity index (χ0n) is 51.8. The number of thiol groups is 1. The first kappa shape index (κ1) is 72.7. The molecule has 3 aliphatic rings. The van der Waals surface area contributed by atoms with Crippen LogP contribution in [0.5, 0.6) is 0 Å². The van der Waals surface area contributed by atoms with Gasteiger partial charge in [-0.2, -0.15) is 12.6 Å². The number of aromatic amines is 1. The summed E-state index contributed by atoms with van der Waals surface area (Å²) in [4.78, 5) is 187. The number of aliphatic hydroxyl groups is 1. The van der Waals surface area contributed by atoms with Crippen LogP contribution >= 0.6 is 12.6 Å². The summed E-state index contributed by atoms with van der Waals surface area (Å²) in [5.41, 5.74) is 23.5. The number of carbonyl (C=O) groups is 13. The summed E-state index contributed by atoms with van der Waals surface area (Å²) in [6, 6.07) is 1.41. The molecule has 3 aliphatic heterocycles. The van der Waals surface area contributed by atoms with E-state index in [2.05, 4.69) is 65.1 Å². The Morgan fingerprint density at radius 3 is 1.76 bits per heavy atom. The van der Waals surface area contributed by atoms with Crippen molar-refractivity contribution in [3.05, 3.63) is 71.9 Å². The van der Waals surface area contributed by atoms with E-state index >= 15 is 4.79 Å². The number of aliphatic hydroxyl groups excluding tert-OH is 1. The molecule has 3 saturated heterocycles. The SMILES string of the molecule is C[C@H](NC(=O)[C@H](Cc1ccccc1)NC(=O)[C@H](CO)NC(=O)[C@H](C)NC(=O)[C@@H]1CCCN1C(=O)[C@@H]1CCCN1C(=O)[C@H](Cc1c[nH]c2ccccc12)NC(=O)[C@@H]1CCCN1C(=O)[C@H](CCC(N)=O)NC(=O)CN)C(=O)N[C@@H](CS)C(=O)N[C@@H](CCCN=C(N)N)C(=O)O. The molecule has 93 heavy (non-hydrogen) atoms. The van der Waals surface area contributed by atoms with E-state index in [1.807, 2.05) is 24.3 Å². The molecular weight excluding hydrogens is 1230 g/mol. The number of amides is 12. The summed E-state index contributed by atoms with van der Waals surface area (Å²) in [6.07, 6.45) is 3.05. The van der Waals surface area contributed by atoms with Crippen molar-refractivity contribution in [3.63, 3.8) is 0 Å². The number of benzene rings is 2. The third-order valence-corrected chi connectivity index (χ3v) is 16.7. The zero-order chi connectivity index (χ0) is 68.1. The van der Waals surface area contributed by atoms with Crippen LogP contribution in [0.2, 0.25) is 0 Å². The van der Waals surface area contributed by atoms with Gasteiger partial charge in [0, 0.05) is 68.3 Å². The van der Waals surface area contributed by atoms with Gasteiger partial charge in [-0.05, 0) is 88.8 Å². The van der Waals surface area contributed by atoms with Crippen LogP contribution in [0, 0.1) is 0 Å². The summed E-state index contributed by atoms with van der Waals surface area (Å²) < 4.78 is 0. The number of fused-ring (bicyclic) bond motifs is 1. The van der Waals surface area contributed by atoms with Crippen molar-refractivity contribution in [2.45, 2.75) is 157 Å². The lowest BCUT2D eigenvalue weighted by molar-refractivity contribution is -0.148. The number of aliphatic imine (C=N–C) groups is 1. The average Bonchev–Trinajstić information content (AvgIpc) is 1.71. The summed E-state index contributed by atoms with van der Waals surface area (Å²) in [5.74, 6) is -11.0. The highest BCUT2D eigenvalue weighted by atomic mass is 32.1. The van der Waals surface area contributed by atoms with Gasteiger partial charge in [0.05, 0.1) is 13.2 Å². The van der Waals surface area contributed by atoms with Crippen molar-refractivity contribution in [2.75, 3.05) is 45.1 Å². The van der Waals surface area contributed by atoms with E-state index in [0.717, 1.165) is 10.9 Å². The molecule has 0 bridgehead atoms. The van der Waals surface area contributed by atoms with Gasteiger partial charge in [0.1, 0.15) is 66.5 Å². The van der Waals surface area contributed by atoms with Crippen LogP contribution in [0.3, 0.4) is 0 Å². The Bertz CT molecular complexity index is 3240. The van der Waals surface area contributed by atoms with Gasteiger partial charge >= 0.3 is 5.97 Å². The van der Waals surface area contributed by atoms with E-state index in [9.17, 15) is 67.7 Å². The maximum absolute atomic E-state index is 15.0. The number of hydrogen-bond donors (Lipinski definition) is 16. The number of H-pyrrole nitrogens is 1. The lowest BCUT2D eigenvalue weighted by Gasteiger charge is -2.34. The van der Waals surface area contributed by atoms with Crippen molar-refractivity contribution < 1.29 is 72.5 Å². The highest BCUT2D eigenvalue weighted by Gasteiger charge is 2.46. The highest BCUT2D eigenvalue weighted by Crippen LogP contribution is 2.28. The van der Waals surface area contributed by atoms with Crippen LogP contribution in [-0.2, 0) is 75.2 Å². The molecular formula is C60H85N17O15S. The van der Waals surface area contributed by atoms with Crippen LogP contribution in [0.4, 0.5) is 0 Å². The van der Waals surface area contributed by atoms with Gasteiger partial charge in [-0.15, -0.1) is 0 Å². The van der Waals surface area contributed by atoms with Gasteiger partial charge in [0.15, 0.2) is 5.96 Å². The molecule has 12 amide bonds. The first-order valence-corrected chi connectivity index (χ1v) is 31.4. The third-order valence-electron chi connectivity index (χ3n) is 16.3. The first-order valence-electron chi connectivity index (χ1n) is 30.8. The first-order chi connectivity index (χ1) is 44.3. The lowest BCUT2D eigenvalue weighted by Crippen LogP contribution is -2.60. The number of nitrogens with zero attached hydrogens (tertiary/aromatic N) is 4. The molecule has 32 nitrogen and oxygen atoms in total. The Morgan fingerprint density at radius 1 is 0.602 bits per heavy atom. The summed E-state index contributed by atoms with van der Waals surface area (Å²) in [7, 11) is 0. The second kappa shape index (κ2) is 34.9. The van der Waals surface area contributed by atoms with E-state index in [1.165, 1.54) is 28.5 Å².